The number of piperidine rings is 1. The second-order valence-electron chi connectivity index (χ2n) is 6.08. The summed E-state index contributed by atoms with van der Waals surface area (Å²) in [5, 5.41) is 0. The Morgan fingerprint density at radius 3 is 2.67 bits per heavy atom. The van der Waals surface area contributed by atoms with E-state index in [1.54, 1.807) is 0 Å². The maximum Gasteiger partial charge on any atom is 0.410 e. The Kier molecular flexibility index (Phi) is 3.70. The molecule has 0 spiro atoms. The smallest absolute Gasteiger partial charge is 0.410 e. The summed E-state index contributed by atoms with van der Waals surface area (Å²) in [6.07, 6.45) is 6.02. The van der Waals surface area contributed by atoms with E-state index in [4.69, 9.17) is 9.16 Å². The van der Waals surface area contributed by atoms with E-state index in [1.165, 1.54) is 13.5 Å². The minimum Gasteiger partial charge on any atom is -0.547 e. The van der Waals surface area contributed by atoms with Crippen LogP contribution in [0, 0.1) is 0 Å². The van der Waals surface area contributed by atoms with Crippen molar-refractivity contribution in [1.29, 1.82) is 0 Å². The molecule has 0 aromatic carbocycles. The monoisotopic (exact) mass is 269 g/mol. The highest BCUT2D eigenvalue weighted by atomic mass is 28.4. The molecule has 0 N–H and O–H groups in total. The topological polar surface area (TPSA) is 38.8 Å². The SMILES string of the molecule is COC(=O)N1[C@H]2CCC[C@@H]1C=C(O[Si](C)(C)C)C2. The lowest BCUT2D eigenvalue weighted by atomic mass is 9.88. The molecule has 0 saturated carbocycles. The molecule has 0 aliphatic carbocycles. The third-order valence-corrected chi connectivity index (χ3v) is 4.30. The molecule has 0 radical (unpaired) electrons. The summed E-state index contributed by atoms with van der Waals surface area (Å²) in [6.45, 7) is 6.57. The van der Waals surface area contributed by atoms with Crippen LogP contribution in [0.25, 0.3) is 0 Å². The molecule has 5 heteroatoms. The average Bonchev–Trinajstić information content (AvgIpc) is 2.24. The molecule has 2 heterocycles. The molecule has 2 aliphatic heterocycles. The Labute approximate surface area is 110 Å². The number of carbonyl (C=O) groups is 1. The lowest BCUT2D eigenvalue weighted by Gasteiger charge is -2.44. The third-order valence-electron chi connectivity index (χ3n) is 3.43. The molecule has 4 nitrogen and oxygen atoms in total. The summed E-state index contributed by atoms with van der Waals surface area (Å²) < 4.78 is 11.0. The van der Waals surface area contributed by atoms with Crippen LogP contribution in [0.5, 0.6) is 0 Å². The summed E-state index contributed by atoms with van der Waals surface area (Å²) in [6, 6.07) is 0.420. The number of amides is 1. The van der Waals surface area contributed by atoms with E-state index < -0.39 is 8.32 Å². The van der Waals surface area contributed by atoms with Crippen molar-refractivity contribution in [3.05, 3.63) is 11.8 Å². The first-order valence-corrected chi connectivity index (χ1v) is 10.1. The highest BCUT2D eigenvalue weighted by molar-refractivity contribution is 6.70. The Morgan fingerprint density at radius 1 is 1.39 bits per heavy atom. The zero-order valence-electron chi connectivity index (χ0n) is 11.7. The van der Waals surface area contributed by atoms with Crippen LogP contribution in [0.4, 0.5) is 4.79 Å². The van der Waals surface area contributed by atoms with Gasteiger partial charge >= 0.3 is 6.09 Å². The first kappa shape index (κ1) is 13.5. The van der Waals surface area contributed by atoms with Gasteiger partial charge in [-0.3, -0.25) is 4.90 Å². The zero-order chi connectivity index (χ0) is 13.3. The molecule has 0 aromatic rings. The van der Waals surface area contributed by atoms with E-state index in [-0.39, 0.29) is 18.2 Å². The van der Waals surface area contributed by atoms with Crippen molar-refractivity contribution < 1.29 is 14.0 Å². The Hall–Kier alpha value is -0.973. The van der Waals surface area contributed by atoms with Crippen molar-refractivity contribution in [3.8, 4) is 0 Å². The van der Waals surface area contributed by atoms with E-state index in [0.29, 0.717) is 0 Å². The lowest BCUT2D eigenvalue weighted by Crippen LogP contribution is -2.52. The predicted octanol–water partition coefficient (Wildman–Crippen LogP) is 3.12. The lowest BCUT2D eigenvalue weighted by molar-refractivity contribution is 0.0599. The molecule has 18 heavy (non-hydrogen) atoms. The molecular formula is C13H23NO3Si. The predicted molar refractivity (Wildman–Crippen MR) is 72.8 cm³/mol. The number of carbonyl (C=O) groups excluding carboxylic acids is 1. The van der Waals surface area contributed by atoms with Gasteiger partial charge < -0.3 is 9.16 Å². The van der Waals surface area contributed by atoms with Crippen molar-refractivity contribution >= 4 is 14.4 Å². The fourth-order valence-corrected chi connectivity index (χ4v) is 3.79. The first-order chi connectivity index (χ1) is 8.40. The number of methoxy groups -OCH3 is 1. The van der Waals surface area contributed by atoms with Crippen LogP contribution < -0.4 is 0 Å². The molecule has 102 valence electrons. The Bertz CT molecular complexity index is 362. The number of ether oxygens (including phenoxy) is 1. The summed E-state index contributed by atoms with van der Waals surface area (Å²) in [7, 11) is -0.0987. The molecule has 0 unspecified atom stereocenters. The number of hydrogen-bond donors (Lipinski definition) is 0. The van der Waals surface area contributed by atoms with Crippen LogP contribution in [0.3, 0.4) is 0 Å². The molecule has 1 saturated heterocycles. The molecule has 0 aromatic heterocycles. The summed E-state index contributed by atoms with van der Waals surface area (Å²) >= 11 is 0. The normalized spacial score (nSPS) is 27.6. The maximum atomic E-state index is 11.8. The highest BCUT2D eigenvalue weighted by Gasteiger charge is 2.38. The molecule has 2 rings (SSSR count). The third kappa shape index (κ3) is 2.88. The Morgan fingerprint density at radius 2 is 2.11 bits per heavy atom. The van der Waals surface area contributed by atoms with Crippen molar-refractivity contribution in [2.45, 2.75) is 57.4 Å². The van der Waals surface area contributed by atoms with Gasteiger partial charge in [0.2, 0.25) is 8.32 Å². The highest BCUT2D eigenvalue weighted by Crippen LogP contribution is 2.34. The van der Waals surface area contributed by atoms with Gasteiger partial charge in [-0.2, -0.15) is 0 Å². The molecule has 2 bridgehead atoms. The van der Waals surface area contributed by atoms with Crippen molar-refractivity contribution in [2.75, 3.05) is 7.11 Å². The number of hydrogen-bond acceptors (Lipinski definition) is 3. The first-order valence-electron chi connectivity index (χ1n) is 6.67. The standard InChI is InChI=1S/C13H23NO3Si/c1-16-13(15)14-10-6-5-7-11(14)9-12(8-10)17-18(2,3)4/h8,10-11H,5-7,9H2,1-4H3/t10-,11+/m1/s1. The van der Waals surface area contributed by atoms with Gasteiger partial charge in [-0.15, -0.1) is 0 Å². The second-order valence-corrected chi connectivity index (χ2v) is 10.5. The quantitative estimate of drug-likeness (QED) is 0.723. The van der Waals surface area contributed by atoms with Crippen LogP contribution in [0.2, 0.25) is 19.6 Å². The molecule has 2 atom stereocenters. The fraction of sp³-hybridized carbons (Fsp3) is 0.769. The largest absolute Gasteiger partial charge is 0.547 e. The van der Waals surface area contributed by atoms with Crippen LogP contribution >= 0.6 is 0 Å². The summed E-state index contributed by atoms with van der Waals surface area (Å²) in [5.74, 6) is 1.09. The van der Waals surface area contributed by atoms with E-state index in [9.17, 15) is 4.79 Å². The minimum atomic E-state index is -1.55. The molecular weight excluding hydrogens is 246 g/mol. The molecule has 1 fully saturated rings. The minimum absolute atomic E-state index is 0.163. The van der Waals surface area contributed by atoms with E-state index in [1.807, 2.05) is 4.90 Å². The number of nitrogens with zero attached hydrogens (tertiary/aromatic N) is 1. The van der Waals surface area contributed by atoms with Crippen molar-refractivity contribution in [1.82, 2.24) is 4.90 Å². The van der Waals surface area contributed by atoms with Gasteiger partial charge in [0.15, 0.2) is 0 Å². The van der Waals surface area contributed by atoms with Crippen LogP contribution in [0.1, 0.15) is 25.7 Å². The Balaban J connectivity index is 2.16. The van der Waals surface area contributed by atoms with Crippen molar-refractivity contribution in [3.63, 3.8) is 0 Å². The number of rotatable bonds is 2. The van der Waals surface area contributed by atoms with E-state index >= 15 is 0 Å². The van der Waals surface area contributed by atoms with Gasteiger partial charge in [-0.05, 0) is 45.0 Å². The van der Waals surface area contributed by atoms with Gasteiger partial charge in [0.05, 0.1) is 18.9 Å². The van der Waals surface area contributed by atoms with Crippen molar-refractivity contribution in [2.24, 2.45) is 0 Å². The zero-order valence-corrected chi connectivity index (χ0v) is 12.7. The molecule has 1 amide bonds. The van der Waals surface area contributed by atoms with Gasteiger partial charge in [0.25, 0.3) is 0 Å². The fourth-order valence-electron chi connectivity index (χ4n) is 2.85. The van der Waals surface area contributed by atoms with Crippen LogP contribution in [-0.4, -0.2) is 38.5 Å². The van der Waals surface area contributed by atoms with Gasteiger partial charge in [-0.1, -0.05) is 0 Å². The van der Waals surface area contributed by atoms with Crippen LogP contribution in [0.15, 0.2) is 11.8 Å². The maximum absolute atomic E-state index is 11.8. The average molecular weight is 269 g/mol. The van der Waals surface area contributed by atoms with Gasteiger partial charge in [-0.25, -0.2) is 4.79 Å². The molecule has 2 aliphatic rings. The number of fused-ring (bicyclic) bond motifs is 2. The van der Waals surface area contributed by atoms with Crippen LogP contribution in [-0.2, 0) is 9.16 Å². The van der Waals surface area contributed by atoms with Gasteiger partial charge in [0.1, 0.15) is 0 Å². The van der Waals surface area contributed by atoms with Gasteiger partial charge in [0, 0.05) is 12.5 Å². The summed E-state index contributed by atoms with van der Waals surface area (Å²) in [4.78, 5) is 13.7. The van der Waals surface area contributed by atoms with E-state index in [2.05, 4.69) is 25.7 Å². The van der Waals surface area contributed by atoms with E-state index in [0.717, 1.165) is 25.0 Å². The second kappa shape index (κ2) is 4.95. The summed E-state index contributed by atoms with van der Waals surface area (Å²) in [5.41, 5.74) is 0.